The third kappa shape index (κ3) is 3.57. The van der Waals surface area contributed by atoms with Crippen molar-refractivity contribution in [3.05, 3.63) is 41.9 Å². The van der Waals surface area contributed by atoms with E-state index in [0.29, 0.717) is 40.8 Å². The number of hydrogen-bond acceptors (Lipinski definition) is 6. The van der Waals surface area contributed by atoms with Gasteiger partial charge in [-0.3, -0.25) is 0 Å². The van der Waals surface area contributed by atoms with Gasteiger partial charge >= 0.3 is 6.36 Å². The minimum Gasteiger partial charge on any atom is -0.443 e. The molecule has 0 radical (unpaired) electrons. The highest BCUT2D eigenvalue weighted by atomic mass is 19.4. The van der Waals surface area contributed by atoms with Crippen molar-refractivity contribution in [2.24, 2.45) is 5.73 Å². The lowest BCUT2D eigenvalue weighted by atomic mass is 9.96. The van der Waals surface area contributed by atoms with Gasteiger partial charge in [0.2, 0.25) is 5.88 Å². The molecule has 0 aliphatic carbocycles. The number of benzene rings is 1. The van der Waals surface area contributed by atoms with Crippen LogP contribution in [-0.2, 0) is 13.0 Å². The van der Waals surface area contributed by atoms with Crippen LogP contribution in [0, 0.1) is 0 Å². The largest absolute Gasteiger partial charge is 0.574 e. The van der Waals surface area contributed by atoms with E-state index in [1.54, 1.807) is 6.07 Å². The van der Waals surface area contributed by atoms with E-state index in [0.717, 1.165) is 11.6 Å². The van der Waals surface area contributed by atoms with Crippen molar-refractivity contribution >= 4 is 11.1 Å². The van der Waals surface area contributed by atoms with Gasteiger partial charge in [-0.1, -0.05) is 0 Å². The van der Waals surface area contributed by atoms with Crippen LogP contribution in [0.2, 0.25) is 0 Å². The number of fused-ring (bicyclic) bond motifs is 1. The highest BCUT2D eigenvalue weighted by Crippen LogP contribution is 2.33. The van der Waals surface area contributed by atoms with Crippen LogP contribution in [0.25, 0.3) is 22.2 Å². The number of ether oxygens (including phenoxy) is 1. The Labute approximate surface area is 140 Å². The number of aliphatic hydroxyl groups is 1. The van der Waals surface area contributed by atoms with E-state index in [9.17, 15) is 18.3 Å². The first-order valence-corrected chi connectivity index (χ1v) is 7.34. The van der Waals surface area contributed by atoms with Crippen molar-refractivity contribution in [2.45, 2.75) is 19.4 Å². The van der Waals surface area contributed by atoms with Gasteiger partial charge in [-0.25, -0.2) is 9.97 Å². The van der Waals surface area contributed by atoms with E-state index in [1.165, 1.54) is 18.7 Å². The molecule has 6 nitrogen and oxygen atoms in total. The van der Waals surface area contributed by atoms with Crippen LogP contribution in [0.3, 0.4) is 0 Å². The van der Waals surface area contributed by atoms with Crippen LogP contribution in [0.1, 0.15) is 11.1 Å². The molecule has 3 N–H and O–H groups in total. The standard InChI is InChI=1S/C16H14F3N3O3/c17-16(18,19)25-13-2-1-10(6-21-13)11-5-9(3-4-20)12(7-23)15-14(11)22-8-24-15/h1-2,5-6,8,23H,3-4,7,20H2. The summed E-state index contributed by atoms with van der Waals surface area (Å²) >= 11 is 0. The fourth-order valence-electron chi connectivity index (χ4n) is 2.62. The number of oxazole rings is 1. The minimum atomic E-state index is -4.80. The van der Waals surface area contributed by atoms with E-state index in [4.69, 9.17) is 10.2 Å². The molecule has 0 spiro atoms. The first-order valence-electron chi connectivity index (χ1n) is 7.34. The summed E-state index contributed by atoms with van der Waals surface area (Å²) in [5.74, 6) is -0.554. The third-order valence-corrected chi connectivity index (χ3v) is 3.64. The zero-order valence-corrected chi connectivity index (χ0v) is 12.9. The molecule has 0 aliphatic heterocycles. The molecule has 3 rings (SSSR count). The summed E-state index contributed by atoms with van der Waals surface area (Å²) in [6.45, 7) is 0.126. The number of pyridine rings is 1. The lowest BCUT2D eigenvalue weighted by Gasteiger charge is -2.12. The predicted octanol–water partition coefficient (Wildman–Crippen LogP) is 2.78. The van der Waals surface area contributed by atoms with Crippen LogP contribution in [0.4, 0.5) is 13.2 Å². The van der Waals surface area contributed by atoms with E-state index >= 15 is 0 Å². The molecular formula is C16H14F3N3O3. The first-order chi connectivity index (χ1) is 11.9. The van der Waals surface area contributed by atoms with E-state index < -0.39 is 12.2 Å². The quantitative estimate of drug-likeness (QED) is 0.732. The number of alkyl halides is 3. The molecule has 0 bridgehead atoms. The van der Waals surface area contributed by atoms with Gasteiger partial charge in [0.25, 0.3) is 0 Å². The summed E-state index contributed by atoms with van der Waals surface area (Å²) in [4.78, 5) is 7.81. The Balaban J connectivity index is 2.07. The summed E-state index contributed by atoms with van der Waals surface area (Å²) in [7, 11) is 0. The zero-order valence-electron chi connectivity index (χ0n) is 12.9. The first kappa shape index (κ1) is 17.2. The number of halogens is 3. The Kier molecular flexibility index (Phi) is 4.60. The monoisotopic (exact) mass is 353 g/mol. The highest BCUT2D eigenvalue weighted by molar-refractivity contribution is 5.93. The minimum absolute atomic E-state index is 0.238. The molecule has 0 aliphatic rings. The van der Waals surface area contributed by atoms with Crippen LogP contribution in [-0.4, -0.2) is 28.0 Å². The van der Waals surface area contributed by atoms with Gasteiger partial charge in [-0.2, -0.15) is 0 Å². The summed E-state index contributed by atoms with van der Waals surface area (Å²) < 4.78 is 45.8. The Morgan fingerprint density at radius 2 is 2.04 bits per heavy atom. The molecule has 3 aromatic rings. The van der Waals surface area contributed by atoms with Crippen molar-refractivity contribution in [1.82, 2.24) is 9.97 Å². The number of rotatable bonds is 5. The fraction of sp³-hybridized carbons (Fsp3) is 0.250. The lowest BCUT2D eigenvalue weighted by molar-refractivity contribution is -0.276. The van der Waals surface area contributed by atoms with Crippen molar-refractivity contribution in [3.8, 4) is 17.0 Å². The second-order valence-electron chi connectivity index (χ2n) is 5.22. The van der Waals surface area contributed by atoms with E-state index in [-0.39, 0.29) is 6.61 Å². The molecule has 25 heavy (non-hydrogen) atoms. The Bertz CT molecular complexity index is 876. The Morgan fingerprint density at radius 3 is 2.64 bits per heavy atom. The number of aliphatic hydroxyl groups excluding tert-OH is 1. The third-order valence-electron chi connectivity index (χ3n) is 3.64. The lowest BCUT2D eigenvalue weighted by Crippen LogP contribution is -2.17. The Morgan fingerprint density at radius 1 is 1.24 bits per heavy atom. The van der Waals surface area contributed by atoms with Crippen LogP contribution in [0.15, 0.2) is 35.2 Å². The molecule has 2 heterocycles. The highest BCUT2D eigenvalue weighted by Gasteiger charge is 2.31. The molecule has 9 heteroatoms. The van der Waals surface area contributed by atoms with Gasteiger partial charge in [0, 0.05) is 29.0 Å². The molecule has 2 aromatic heterocycles. The predicted molar refractivity (Wildman–Crippen MR) is 82.6 cm³/mol. The maximum Gasteiger partial charge on any atom is 0.574 e. The maximum atomic E-state index is 12.2. The molecule has 0 unspecified atom stereocenters. The number of hydrogen-bond donors (Lipinski definition) is 2. The van der Waals surface area contributed by atoms with Crippen LogP contribution < -0.4 is 10.5 Å². The zero-order chi connectivity index (χ0) is 18.0. The van der Waals surface area contributed by atoms with Crippen LogP contribution in [0.5, 0.6) is 5.88 Å². The average molecular weight is 353 g/mol. The molecule has 132 valence electrons. The molecule has 0 atom stereocenters. The number of nitrogens with zero attached hydrogens (tertiary/aromatic N) is 2. The summed E-state index contributed by atoms with van der Waals surface area (Å²) in [6.07, 6.45) is -1.79. The summed E-state index contributed by atoms with van der Waals surface area (Å²) in [5.41, 5.74) is 9.03. The van der Waals surface area contributed by atoms with Gasteiger partial charge in [-0.15, -0.1) is 13.2 Å². The van der Waals surface area contributed by atoms with E-state index in [1.807, 2.05) is 0 Å². The molecule has 0 saturated heterocycles. The normalized spacial score (nSPS) is 11.9. The van der Waals surface area contributed by atoms with Gasteiger partial charge in [0.1, 0.15) is 5.52 Å². The maximum absolute atomic E-state index is 12.2. The fourth-order valence-corrected chi connectivity index (χ4v) is 2.62. The number of nitrogens with two attached hydrogens (primary N) is 1. The molecule has 0 fully saturated rings. The second-order valence-corrected chi connectivity index (χ2v) is 5.22. The molecular weight excluding hydrogens is 339 g/mol. The van der Waals surface area contributed by atoms with Crippen molar-refractivity contribution in [1.29, 1.82) is 0 Å². The summed E-state index contributed by atoms with van der Waals surface area (Å²) in [5, 5.41) is 9.60. The van der Waals surface area contributed by atoms with Gasteiger partial charge in [0.15, 0.2) is 12.0 Å². The topological polar surface area (TPSA) is 94.4 Å². The molecule has 1 aromatic carbocycles. The van der Waals surface area contributed by atoms with Crippen molar-refractivity contribution in [3.63, 3.8) is 0 Å². The Hall–Kier alpha value is -2.65. The average Bonchev–Trinajstić information content (AvgIpc) is 3.03. The number of aromatic nitrogens is 2. The second kappa shape index (κ2) is 6.69. The smallest absolute Gasteiger partial charge is 0.443 e. The van der Waals surface area contributed by atoms with Crippen molar-refractivity contribution in [2.75, 3.05) is 6.54 Å². The van der Waals surface area contributed by atoms with Crippen LogP contribution >= 0.6 is 0 Å². The van der Waals surface area contributed by atoms with Gasteiger partial charge in [0.05, 0.1) is 6.61 Å². The summed E-state index contributed by atoms with van der Waals surface area (Å²) in [6, 6.07) is 4.35. The van der Waals surface area contributed by atoms with Crippen molar-refractivity contribution < 1.29 is 27.4 Å². The van der Waals surface area contributed by atoms with Gasteiger partial charge in [-0.05, 0) is 30.7 Å². The van der Waals surface area contributed by atoms with Gasteiger partial charge < -0.3 is 20.0 Å². The van der Waals surface area contributed by atoms with E-state index in [2.05, 4.69) is 14.7 Å². The SMILES string of the molecule is NCCc1cc(-c2ccc(OC(F)(F)F)nc2)c2ncoc2c1CO. The molecule has 0 saturated carbocycles. The molecule has 0 amide bonds.